The van der Waals surface area contributed by atoms with Crippen molar-refractivity contribution in [2.24, 2.45) is 7.05 Å². The first kappa shape index (κ1) is 12.2. The van der Waals surface area contributed by atoms with E-state index in [0.717, 1.165) is 21.8 Å². The van der Waals surface area contributed by atoms with Crippen molar-refractivity contribution < 1.29 is 0 Å². The molecule has 90 valence electrons. The molecule has 0 amide bonds. The molecule has 2 nitrogen and oxygen atoms in total. The molecule has 2 rings (SSSR count). The number of aromatic nitrogens is 2. The maximum absolute atomic E-state index is 6.26. The number of hydrogen-bond acceptors (Lipinski definition) is 1. The minimum atomic E-state index is 0.0473. The number of rotatable bonds is 1. The van der Waals surface area contributed by atoms with Crippen molar-refractivity contribution >= 4 is 11.6 Å². The Hall–Kier alpha value is -1.28. The molecule has 0 bridgehead atoms. The lowest BCUT2D eigenvalue weighted by Crippen LogP contribution is -2.12. The summed E-state index contributed by atoms with van der Waals surface area (Å²) in [6.45, 7) is 6.50. The van der Waals surface area contributed by atoms with Crippen molar-refractivity contribution in [3.05, 3.63) is 41.0 Å². The Bertz CT molecular complexity index is 535. The largest absolute Gasteiger partial charge is 0.268 e. The summed E-state index contributed by atoms with van der Waals surface area (Å²) in [6.07, 6.45) is 1.81. The normalized spacial score (nSPS) is 11.8. The molecule has 0 atom stereocenters. The van der Waals surface area contributed by atoms with Crippen molar-refractivity contribution in [1.29, 1.82) is 0 Å². The third-order valence-corrected chi connectivity index (χ3v) is 3.22. The second kappa shape index (κ2) is 4.19. The van der Waals surface area contributed by atoms with Crippen molar-refractivity contribution in [3.63, 3.8) is 0 Å². The second-order valence-corrected chi connectivity index (χ2v) is 5.69. The summed E-state index contributed by atoms with van der Waals surface area (Å²) in [5, 5.41) is 5.01. The molecule has 0 fully saturated rings. The molecule has 1 heterocycles. The van der Waals surface area contributed by atoms with E-state index in [1.54, 1.807) is 6.20 Å². The highest BCUT2D eigenvalue weighted by atomic mass is 35.5. The van der Waals surface area contributed by atoms with E-state index in [0.29, 0.717) is 0 Å². The van der Waals surface area contributed by atoms with Gasteiger partial charge >= 0.3 is 0 Å². The molecule has 0 aliphatic carbocycles. The van der Waals surface area contributed by atoms with Gasteiger partial charge in [0.25, 0.3) is 0 Å². The van der Waals surface area contributed by atoms with Crippen LogP contribution in [0.5, 0.6) is 0 Å². The molecule has 0 saturated carbocycles. The summed E-state index contributed by atoms with van der Waals surface area (Å²) in [7, 11) is 1.95. The molecule has 0 N–H and O–H groups in total. The van der Waals surface area contributed by atoms with Gasteiger partial charge in [-0.2, -0.15) is 5.10 Å². The Kier molecular flexibility index (Phi) is 3.00. The first-order valence-electron chi connectivity index (χ1n) is 5.68. The molecule has 1 aromatic heterocycles. The van der Waals surface area contributed by atoms with Gasteiger partial charge in [0.15, 0.2) is 0 Å². The van der Waals surface area contributed by atoms with Crippen LogP contribution in [0.1, 0.15) is 26.3 Å². The summed E-state index contributed by atoms with van der Waals surface area (Å²) in [5.41, 5.74) is 3.47. The molecule has 0 saturated heterocycles. The zero-order chi connectivity index (χ0) is 12.6. The first-order chi connectivity index (χ1) is 7.89. The van der Waals surface area contributed by atoms with Crippen LogP contribution < -0.4 is 0 Å². The number of halogens is 1. The Labute approximate surface area is 107 Å². The lowest BCUT2D eigenvalue weighted by molar-refractivity contribution is 0.590. The van der Waals surface area contributed by atoms with Gasteiger partial charge in [0.05, 0.1) is 5.69 Å². The second-order valence-electron chi connectivity index (χ2n) is 5.28. The van der Waals surface area contributed by atoms with Gasteiger partial charge in [-0.1, -0.05) is 38.4 Å². The van der Waals surface area contributed by atoms with Gasteiger partial charge in [0.1, 0.15) is 0 Å². The van der Waals surface area contributed by atoms with Crippen molar-refractivity contribution in [3.8, 4) is 11.3 Å². The molecule has 0 aliphatic rings. The van der Waals surface area contributed by atoms with Crippen LogP contribution in [0.15, 0.2) is 30.5 Å². The molecule has 2 aromatic rings. The quantitative estimate of drug-likeness (QED) is 0.745. The van der Waals surface area contributed by atoms with E-state index in [9.17, 15) is 0 Å². The number of aryl methyl sites for hydroxylation is 1. The molecule has 0 radical (unpaired) electrons. The van der Waals surface area contributed by atoms with Crippen LogP contribution in [0, 0.1) is 0 Å². The van der Waals surface area contributed by atoms with E-state index in [1.807, 2.05) is 29.9 Å². The number of benzene rings is 1. The zero-order valence-corrected chi connectivity index (χ0v) is 11.4. The monoisotopic (exact) mass is 248 g/mol. The molecule has 3 heteroatoms. The van der Waals surface area contributed by atoms with Crippen molar-refractivity contribution in [1.82, 2.24) is 9.78 Å². The molecule has 1 aromatic carbocycles. The maximum Gasteiger partial charge on any atom is 0.0678 e. The Morgan fingerprint density at radius 2 is 1.88 bits per heavy atom. The Morgan fingerprint density at radius 1 is 1.18 bits per heavy atom. The lowest BCUT2D eigenvalue weighted by atomic mass is 9.86. The van der Waals surface area contributed by atoms with E-state index in [4.69, 9.17) is 11.6 Å². The third-order valence-electron chi connectivity index (χ3n) is 2.89. The van der Waals surface area contributed by atoms with Gasteiger partial charge in [-0.3, -0.25) is 4.68 Å². The highest BCUT2D eigenvalue weighted by Gasteiger charge is 2.18. The van der Waals surface area contributed by atoms with Crippen LogP contribution in [-0.2, 0) is 12.5 Å². The highest BCUT2D eigenvalue weighted by molar-refractivity contribution is 6.31. The van der Waals surface area contributed by atoms with Crippen LogP contribution in [-0.4, -0.2) is 9.78 Å². The SMILES string of the molecule is Cn1nccc1-c1ccc(Cl)c(C(C)(C)C)c1. The van der Waals surface area contributed by atoms with Gasteiger partial charge in [-0.05, 0) is 29.2 Å². The smallest absolute Gasteiger partial charge is 0.0678 e. The summed E-state index contributed by atoms with van der Waals surface area (Å²) < 4.78 is 1.87. The average Bonchev–Trinajstić information content (AvgIpc) is 2.63. The van der Waals surface area contributed by atoms with E-state index in [-0.39, 0.29) is 5.41 Å². The minimum absolute atomic E-state index is 0.0473. The molecular weight excluding hydrogens is 232 g/mol. The van der Waals surface area contributed by atoms with E-state index in [1.165, 1.54) is 0 Å². The summed E-state index contributed by atoms with van der Waals surface area (Å²) in [4.78, 5) is 0. The summed E-state index contributed by atoms with van der Waals surface area (Å²) in [5.74, 6) is 0. The average molecular weight is 249 g/mol. The summed E-state index contributed by atoms with van der Waals surface area (Å²) in [6, 6.07) is 8.16. The maximum atomic E-state index is 6.26. The predicted molar refractivity (Wildman–Crippen MR) is 72.4 cm³/mol. The fourth-order valence-electron chi connectivity index (χ4n) is 1.92. The first-order valence-corrected chi connectivity index (χ1v) is 6.06. The van der Waals surface area contributed by atoms with Crippen LogP contribution in [0.4, 0.5) is 0 Å². The lowest BCUT2D eigenvalue weighted by Gasteiger charge is -2.21. The minimum Gasteiger partial charge on any atom is -0.268 e. The molecular formula is C14H17ClN2. The molecule has 17 heavy (non-hydrogen) atoms. The van der Waals surface area contributed by atoms with Crippen LogP contribution in [0.2, 0.25) is 5.02 Å². The van der Waals surface area contributed by atoms with Gasteiger partial charge in [0.2, 0.25) is 0 Å². The molecule has 0 aliphatic heterocycles. The topological polar surface area (TPSA) is 17.8 Å². The Balaban J connectivity index is 2.56. The van der Waals surface area contributed by atoms with E-state index < -0.39 is 0 Å². The zero-order valence-electron chi connectivity index (χ0n) is 10.7. The third kappa shape index (κ3) is 2.37. The predicted octanol–water partition coefficient (Wildman–Crippen LogP) is 4.04. The van der Waals surface area contributed by atoms with Gasteiger partial charge in [0, 0.05) is 23.8 Å². The van der Waals surface area contributed by atoms with Gasteiger partial charge < -0.3 is 0 Å². The number of nitrogens with zero attached hydrogens (tertiary/aromatic N) is 2. The van der Waals surface area contributed by atoms with Crippen molar-refractivity contribution in [2.75, 3.05) is 0 Å². The van der Waals surface area contributed by atoms with Crippen LogP contribution in [0.25, 0.3) is 11.3 Å². The molecule has 0 spiro atoms. The van der Waals surface area contributed by atoms with E-state index in [2.05, 4.69) is 31.9 Å². The van der Waals surface area contributed by atoms with E-state index >= 15 is 0 Å². The van der Waals surface area contributed by atoms with Crippen LogP contribution in [0.3, 0.4) is 0 Å². The van der Waals surface area contributed by atoms with Gasteiger partial charge in [-0.15, -0.1) is 0 Å². The summed E-state index contributed by atoms with van der Waals surface area (Å²) >= 11 is 6.26. The standard InChI is InChI=1S/C14H17ClN2/c1-14(2,3)11-9-10(5-6-12(11)15)13-7-8-16-17(13)4/h5-9H,1-4H3. The number of hydrogen-bond donors (Lipinski definition) is 0. The highest BCUT2D eigenvalue weighted by Crippen LogP contribution is 2.33. The van der Waals surface area contributed by atoms with Gasteiger partial charge in [-0.25, -0.2) is 0 Å². The van der Waals surface area contributed by atoms with Crippen LogP contribution >= 0.6 is 11.6 Å². The fourth-order valence-corrected chi connectivity index (χ4v) is 2.32. The Morgan fingerprint density at radius 3 is 2.41 bits per heavy atom. The molecule has 0 unspecified atom stereocenters. The fraction of sp³-hybridized carbons (Fsp3) is 0.357. The van der Waals surface area contributed by atoms with Crippen molar-refractivity contribution in [2.45, 2.75) is 26.2 Å².